The SMILES string of the molecule is CC(C(=O)Nc1nncs1)[C@H]1C[C@H]2C[C@@H](c3ccnc4ccc(F)cc34)C[C@H]2C1. The van der Waals surface area contributed by atoms with E-state index in [1.54, 1.807) is 17.6 Å². The Bertz CT molecular complexity index is 1030. The zero-order chi connectivity index (χ0) is 20.0. The van der Waals surface area contributed by atoms with Crippen molar-refractivity contribution in [2.24, 2.45) is 23.7 Å². The lowest BCUT2D eigenvalue weighted by Gasteiger charge is -2.20. The Hall–Kier alpha value is -2.41. The summed E-state index contributed by atoms with van der Waals surface area (Å²) in [5.74, 6) is 1.93. The minimum absolute atomic E-state index is 0.0289. The Labute approximate surface area is 172 Å². The number of carbonyl (C=O) groups is 1. The van der Waals surface area contributed by atoms with Gasteiger partial charge >= 0.3 is 0 Å². The van der Waals surface area contributed by atoms with E-state index in [9.17, 15) is 9.18 Å². The number of nitrogens with one attached hydrogen (secondary N) is 1. The molecule has 1 unspecified atom stereocenters. The molecule has 29 heavy (non-hydrogen) atoms. The van der Waals surface area contributed by atoms with E-state index < -0.39 is 0 Å². The molecule has 5 atom stereocenters. The van der Waals surface area contributed by atoms with Crippen LogP contribution in [0.3, 0.4) is 0 Å². The minimum Gasteiger partial charge on any atom is -0.300 e. The molecule has 2 aromatic heterocycles. The van der Waals surface area contributed by atoms with Crippen molar-refractivity contribution < 1.29 is 9.18 Å². The third-order valence-electron chi connectivity index (χ3n) is 6.94. The number of nitrogens with zero attached hydrogens (tertiary/aromatic N) is 3. The van der Waals surface area contributed by atoms with Crippen molar-refractivity contribution in [2.45, 2.75) is 38.5 Å². The van der Waals surface area contributed by atoms with Crippen LogP contribution in [0.25, 0.3) is 10.9 Å². The van der Waals surface area contributed by atoms with Crippen molar-refractivity contribution in [2.75, 3.05) is 5.32 Å². The molecule has 2 heterocycles. The number of rotatable bonds is 4. The van der Waals surface area contributed by atoms with Crippen LogP contribution in [0, 0.1) is 29.5 Å². The summed E-state index contributed by atoms with van der Waals surface area (Å²) < 4.78 is 13.8. The van der Waals surface area contributed by atoms with Gasteiger partial charge in [0.05, 0.1) is 5.52 Å². The zero-order valence-electron chi connectivity index (χ0n) is 16.2. The molecule has 0 radical (unpaired) electrons. The minimum atomic E-state index is -0.208. The second kappa shape index (κ2) is 7.44. The zero-order valence-corrected chi connectivity index (χ0v) is 17.0. The molecule has 0 saturated heterocycles. The van der Waals surface area contributed by atoms with Crippen LogP contribution in [0.2, 0.25) is 0 Å². The highest BCUT2D eigenvalue weighted by Gasteiger charge is 2.44. The smallest absolute Gasteiger partial charge is 0.229 e. The Kier molecular flexibility index (Phi) is 4.78. The molecule has 5 nitrogen and oxygen atoms in total. The molecule has 2 aliphatic carbocycles. The number of anilines is 1. The lowest BCUT2D eigenvalue weighted by molar-refractivity contribution is -0.120. The van der Waals surface area contributed by atoms with Gasteiger partial charge in [0.25, 0.3) is 0 Å². The Balaban J connectivity index is 1.27. The standard InChI is InChI=1S/C22H23FN4OS/c1-12(21(28)26-22-27-25-11-29-22)13-6-14-8-16(9-15(14)7-13)18-4-5-24-20-3-2-17(23)10-19(18)20/h2-5,10-16H,6-9H2,1H3,(H,26,27,28)/t12?,13-,14-,15+,16+. The molecule has 0 bridgehead atoms. The van der Waals surface area contributed by atoms with Gasteiger partial charge in [-0.2, -0.15) is 0 Å². The fraction of sp³-hybridized carbons (Fsp3) is 0.455. The average molecular weight is 411 g/mol. The van der Waals surface area contributed by atoms with Crippen molar-refractivity contribution in [1.82, 2.24) is 15.2 Å². The lowest BCUT2D eigenvalue weighted by Crippen LogP contribution is -2.26. The van der Waals surface area contributed by atoms with Crippen molar-refractivity contribution >= 4 is 33.3 Å². The Morgan fingerprint density at radius 3 is 2.72 bits per heavy atom. The van der Waals surface area contributed by atoms with Crippen molar-refractivity contribution in [3.8, 4) is 0 Å². The van der Waals surface area contributed by atoms with E-state index in [1.807, 2.05) is 13.1 Å². The highest BCUT2D eigenvalue weighted by molar-refractivity contribution is 7.13. The quantitative estimate of drug-likeness (QED) is 0.656. The van der Waals surface area contributed by atoms with E-state index >= 15 is 0 Å². The summed E-state index contributed by atoms with van der Waals surface area (Å²) in [5, 5.41) is 12.1. The molecule has 3 aromatic rings. The van der Waals surface area contributed by atoms with Crippen LogP contribution in [0.1, 0.15) is 44.1 Å². The predicted octanol–water partition coefficient (Wildman–Crippen LogP) is 5.02. The van der Waals surface area contributed by atoms with Gasteiger partial charge in [-0.05, 0) is 79.2 Å². The van der Waals surface area contributed by atoms with Gasteiger partial charge in [-0.3, -0.25) is 9.78 Å². The number of amides is 1. The van der Waals surface area contributed by atoms with Crippen LogP contribution in [0.4, 0.5) is 9.52 Å². The van der Waals surface area contributed by atoms with E-state index in [1.165, 1.54) is 23.0 Å². The fourth-order valence-electron chi connectivity index (χ4n) is 5.48. The van der Waals surface area contributed by atoms with E-state index in [2.05, 4.69) is 26.6 Å². The molecule has 1 aromatic carbocycles. The first-order valence-corrected chi connectivity index (χ1v) is 11.1. The average Bonchev–Trinajstić information content (AvgIpc) is 3.43. The second-order valence-electron chi connectivity index (χ2n) is 8.50. The van der Waals surface area contributed by atoms with Crippen molar-refractivity contribution in [3.05, 3.63) is 47.4 Å². The molecule has 1 amide bonds. The third kappa shape index (κ3) is 3.52. The van der Waals surface area contributed by atoms with Crippen molar-refractivity contribution in [3.63, 3.8) is 0 Å². The lowest BCUT2D eigenvalue weighted by atomic mass is 9.86. The topological polar surface area (TPSA) is 67.8 Å². The molecular formula is C22H23FN4OS. The largest absolute Gasteiger partial charge is 0.300 e. The number of hydrogen-bond donors (Lipinski definition) is 1. The molecule has 1 N–H and O–H groups in total. The maximum absolute atomic E-state index is 13.8. The number of hydrogen-bond acceptors (Lipinski definition) is 5. The highest BCUT2D eigenvalue weighted by atomic mass is 32.1. The van der Waals surface area contributed by atoms with Crippen LogP contribution in [-0.2, 0) is 4.79 Å². The number of benzene rings is 1. The summed E-state index contributed by atoms with van der Waals surface area (Å²) in [6, 6.07) is 6.91. The number of fused-ring (bicyclic) bond motifs is 2. The van der Waals surface area contributed by atoms with E-state index in [0.29, 0.717) is 28.8 Å². The fourth-order valence-corrected chi connectivity index (χ4v) is 5.93. The first-order chi connectivity index (χ1) is 14.1. The molecule has 2 aliphatic rings. The number of carbonyl (C=O) groups excluding carboxylic acids is 1. The first-order valence-electron chi connectivity index (χ1n) is 10.2. The molecule has 2 saturated carbocycles. The van der Waals surface area contributed by atoms with Gasteiger partial charge in [-0.15, -0.1) is 10.2 Å². The van der Waals surface area contributed by atoms with E-state index in [0.717, 1.165) is 36.6 Å². The number of halogens is 1. The van der Waals surface area contributed by atoms with Crippen LogP contribution in [-0.4, -0.2) is 21.1 Å². The highest BCUT2D eigenvalue weighted by Crippen LogP contribution is 2.54. The maximum atomic E-state index is 13.8. The molecule has 0 spiro atoms. The van der Waals surface area contributed by atoms with Crippen molar-refractivity contribution in [1.29, 1.82) is 0 Å². The molecule has 2 fully saturated rings. The normalized spacial score (nSPS) is 27.1. The Morgan fingerprint density at radius 2 is 2.00 bits per heavy atom. The summed E-state index contributed by atoms with van der Waals surface area (Å²) in [6.45, 7) is 2.03. The van der Waals surface area contributed by atoms with Gasteiger partial charge in [-0.1, -0.05) is 18.3 Å². The van der Waals surface area contributed by atoms with Gasteiger partial charge < -0.3 is 5.32 Å². The maximum Gasteiger partial charge on any atom is 0.229 e. The predicted molar refractivity (Wildman–Crippen MR) is 111 cm³/mol. The Morgan fingerprint density at radius 1 is 1.21 bits per heavy atom. The summed E-state index contributed by atoms with van der Waals surface area (Å²) in [5.41, 5.74) is 3.71. The van der Waals surface area contributed by atoms with Crippen LogP contribution >= 0.6 is 11.3 Å². The van der Waals surface area contributed by atoms with Gasteiger partial charge in [0.15, 0.2) is 0 Å². The molecule has 0 aliphatic heterocycles. The van der Waals surface area contributed by atoms with Gasteiger partial charge in [0.2, 0.25) is 11.0 Å². The van der Waals surface area contributed by atoms with Gasteiger partial charge in [0.1, 0.15) is 11.3 Å². The van der Waals surface area contributed by atoms with E-state index in [4.69, 9.17) is 0 Å². The molecule has 150 valence electrons. The van der Waals surface area contributed by atoms with Gasteiger partial charge in [-0.25, -0.2) is 4.39 Å². The number of pyridine rings is 1. The molecular weight excluding hydrogens is 387 g/mol. The summed E-state index contributed by atoms with van der Waals surface area (Å²) >= 11 is 1.34. The first kappa shape index (κ1) is 18.6. The number of aromatic nitrogens is 3. The summed E-state index contributed by atoms with van der Waals surface area (Å²) in [6.07, 6.45) is 6.24. The summed E-state index contributed by atoms with van der Waals surface area (Å²) in [4.78, 5) is 17.0. The monoisotopic (exact) mass is 410 g/mol. The van der Waals surface area contributed by atoms with E-state index in [-0.39, 0.29) is 17.6 Å². The van der Waals surface area contributed by atoms with Crippen LogP contribution in [0.5, 0.6) is 0 Å². The third-order valence-corrected chi connectivity index (χ3v) is 7.55. The van der Waals surface area contributed by atoms with Crippen LogP contribution < -0.4 is 5.32 Å². The summed E-state index contributed by atoms with van der Waals surface area (Å²) in [7, 11) is 0. The van der Waals surface area contributed by atoms with Gasteiger partial charge in [0, 0.05) is 17.5 Å². The molecule has 5 rings (SSSR count). The van der Waals surface area contributed by atoms with Crippen LogP contribution in [0.15, 0.2) is 36.0 Å². The second-order valence-corrected chi connectivity index (χ2v) is 9.34. The molecule has 7 heteroatoms.